The number of H-pyrrole nitrogens is 1. The minimum absolute atomic E-state index is 0.0776. The van der Waals surface area contributed by atoms with Crippen molar-refractivity contribution in [2.75, 3.05) is 0 Å². The number of carbonyl (C=O) groups is 1. The van der Waals surface area contributed by atoms with Crippen LogP contribution in [0.3, 0.4) is 0 Å². The van der Waals surface area contributed by atoms with Gasteiger partial charge in [0.2, 0.25) is 5.78 Å². The van der Waals surface area contributed by atoms with E-state index in [9.17, 15) is 14.9 Å². The molecule has 1 aromatic heterocycles. The monoisotopic (exact) mass is 258 g/mol. The average Bonchev–Trinajstić information content (AvgIpc) is 2.87. The van der Waals surface area contributed by atoms with Gasteiger partial charge >= 0.3 is 0 Å². The molecule has 0 aliphatic heterocycles. The molecule has 0 saturated carbocycles. The van der Waals surface area contributed by atoms with E-state index in [4.69, 9.17) is 0 Å². The van der Waals surface area contributed by atoms with Crippen LogP contribution in [0.5, 0.6) is 0 Å². The molecular weight excluding hydrogens is 244 g/mol. The number of rotatable bonds is 5. The van der Waals surface area contributed by atoms with Gasteiger partial charge in [0.25, 0.3) is 5.69 Å². The van der Waals surface area contributed by atoms with Crippen molar-refractivity contribution in [2.24, 2.45) is 0 Å². The number of benzene rings is 1. The molecule has 2 rings (SSSR count). The largest absolute Gasteiger partial charge is 0.356 e. The number of non-ortho nitro benzene ring substituents is 1. The lowest BCUT2D eigenvalue weighted by molar-refractivity contribution is -0.384. The molecule has 0 unspecified atom stereocenters. The second-order valence-electron chi connectivity index (χ2n) is 4.28. The second-order valence-corrected chi connectivity index (χ2v) is 4.28. The first-order chi connectivity index (χ1) is 9.11. The van der Waals surface area contributed by atoms with Crippen molar-refractivity contribution in [2.45, 2.75) is 19.8 Å². The summed E-state index contributed by atoms with van der Waals surface area (Å²) in [6, 6.07) is 9.34. The Morgan fingerprint density at radius 1 is 1.32 bits per heavy atom. The van der Waals surface area contributed by atoms with Gasteiger partial charge in [-0.3, -0.25) is 14.9 Å². The molecule has 98 valence electrons. The Labute approximate surface area is 110 Å². The SMILES string of the molecule is CCCc1ccc(C(=O)c2cccc([N+](=O)[O-])c2)[nH]1. The highest BCUT2D eigenvalue weighted by Gasteiger charge is 2.14. The van der Waals surface area contributed by atoms with Crippen LogP contribution < -0.4 is 0 Å². The number of carbonyl (C=O) groups excluding carboxylic acids is 1. The summed E-state index contributed by atoms with van der Waals surface area (Å²) in [6.45, 7) is 2.06. The van der Waals surface area contributed by atoms with Crippen molar-refractivity contribution in [1.82, 2.24) is 4.98 Å². The molecular formula is C14H14N2O3. The molecule has 0 fully saturated rings. The first-order valence-electron chi connectivity index (χ1n) is 6.09. The van der Waals surface area contributed by atoms with Crippen LogP contribution in [0, 0.1) is 10.1 Å². The molecule has 0 amide bonds. The lowest BCUT2D eigenvalue weighted by Crippen LogP contribution is -2.03. The number of hydrogen-bond donors (Lipinski definition) is 1. The lowest BCUT2D eigenvalue weighted by atomic mass is 10.1. The van der Waals surface area contributed by atoms with Crippen LogP contribution in [0.4, 0.5) is 5.69 Å². The van der Waals surface area contributed by atoms with E-state index in [0.29, 0.717) is 11.3 Å². The molecule has 0 aliphatic rings. The topological polar surface area (TPSA) is 76.0 Å². The Bertz CT molecular complexity index is 617. The van der Waals surface area contributed by atoms with Gasteiger partial charge in [0.05, 0.1) is 10.6 Å². The average molecular weight is 258 g/mol. The molecule has 0 atom stereocenters. The van der Waals surface area contributed by atoms with Crippen LogP contribution >= 0.6 is 0 Å². The summed E-state index contributed by atoms with van der Waals surface area (Å²) in [7, 11) is 0. The molecule has 19 heavy (non-hydrogen) atoms. The molecule has 5 heteroatoms. The fourth-order valence-electron chi connectivity index (χ4n) is 1.90. The zero-order chi connectivity index (χ0) is 13.8. The van der Waals surface area contributed by atoms with E-state index in [-0.39, 0.29) is 11.5 Å². The van der Waals surface area contributed by atoms with Crippen LogP contribution in [0.2, 0.25) is 0 Å². The van der Waals surface area contributed by atoms with E-state index in [2.05, 4.69) is 11.9 Å². The minimum atomic E-state index is -0.506. The molecule has 0 saturated heterocycles. The third-order valence-corrected chi connectivity index (χ3v) is 2.83. The van der Waals surface area contributed by atoms with Gasteiger partial charge in [-0.05, 0) is 18.6 Å². The van der Waals surface area contributed by atoms with E-state index in [0.717, 1.165) is 18.5 Å². The van der Waals surface area contributed by atoms with Crippen molar-refractivity contribution < 1.29 is 9.72 Å². The summed E-state index contributed by atoms with van der Waals surface area (Å²) in [4.78, 5) is 25.4. The number of nitrogens with zero attached hydrogens (tertiary/aromatic N) is 1. The smallest absolute Gasteiger partial charge is 0.270 e. The highest BCUT2D eigenvalue weighted by atomic mass is 16.6. The number of ketones is 1. The molecule has 0 bridgehead atoms. The molecule has 0 spiro atoms. The van der Waals surface area contributed by atoms with Gasteiger partial charge in [-0.25, -0.2) is 0 Å². The van der Waals surface area contributed by atoms with Gasteiger partial charge in [0.15, 0.2) is 0 Å². The zero-order valence-electron chi connectivity index (χ0n) is 10.6. The van der Waals surface area contributed by atoms with Gasteiger partial charge in [0.1, 0.15) is 0 Å². The maximum absolute atomic E-state index is 12.2. The zero-order valence-corrected chi connectivity index (χ0v) is 10.6. The molecule has 0 aliphatic carbocycles. The number of nitro groups is 1. The fourth-order valence-corrected chi connectivity index (χ4v) is 1.90. The molecule has 0 radical (unpaired) electrons. The van der Waals surface area contributed by atoms with E-state index < -0.39 is 4.92 Å². The van der Waals surface area contributed by atoms with Crippen LogP contribution in [-0.4, -0.2) is 15.7 Å². The van der Waals surface area contributed by atoms with Gasteiger partial charge in [-0.2, -0.15) is 0 Å². The standard InChI is InChI=1S/C14H14N2O3/c1-2-4-11-7-8-13(15-11)14(17)10-5-3-6-12(9-10)16(18)19/h3,5-9,15H,2,4H2,1H3. The number of aromatic nitrogens is 1. The summed E-state index contributed by atoms with van der Waals surface area (Å²) in [5.74, 6) is -0.231. The maximum atomic E-state index is 12.2. The molecule has 5 nitrogen and oxygen atoms in total. The predicted molar refractivity (Wildman–Crippen MR) is 71.3 cm³/mol. The number of nitrogens with one attached hydrogen (secondary N) is 1. The van der Waals surface area contributed by atoms with Crippen molar-refractivity contribution in [3.63, 3.8) is 0 Å². The third kappa shape index (κ3) is 2.88. The van der Waals surface area contributed by atoms with Crippen molar-refractivity contribution >= 4 is 11.5 Å². The highest BCUT2D eigenvalue weighted by Crippen LogP contribution is 2.16. The van der Waals surface area contributed by atoms with Gasteiger partial charge in [0, 0.05) is 23.4 Å². The Morgan fingerprint density at radius 3 is 2.79 bits per heavy atom. The summed E-state index contributed by atoms with van der Waals surface area (Å²) in [5.41, 5.74) is 1.70. The quantitative estimate of drug-likeness (QED) is 0.508. The fraction of sp³-hybridized carbons (Fsp3) is 0.214. The minimum Gasteiger partial charge on any atom is -0.356 e. The first kappa shape index (κ1) is 13.0. The van der Waals surface area contributed by atoms with E-state index >= 15 is 0 Å². The van der Waals surface area contributed by atoms with Crippen LogP contribution in [0.15, 0.2) is 36.4 Å². The number of aromatic amines is 1. The van der Waals surface area contributed by atoms with Crippen LogP contribution in [-0.2, 0) is 6.42 Å². The Balaban J connectivity index is 2.27. The normalized spacial score (nSPS) is 10.4. The maximum Gasteiger partial charge on any atom is 0.270 e. The van der Waals surface area contributed by atoms with Gasteiger partial charge in [-0.1, -0.05) is 25.5 Å². The number of nitro benzene ring substituents is 1. The summed E-state index contributed by atoms with van der Waals surface area (Å²) >= 11 is 0. The number of aryl methyl sites for hydroxylation is 1. The molecule has 2 aromatic rings. The molecule has 1 N–H and O–H groups in total. The Morgan fingerprint density at radius 2 is 2.11 bits per heavy atom. The Hall–Kier alpha value is -2.43. The van der Waals surface area contributed by atoms with Gasteiger partial charge in [-0.15, -0.1) is 0 Å². The third-order valence-electron chi connectivity index (χ3n) is 2.83. The van der Waals surface area contributed by atoms with Crippen molar-refractivity contribution in [3.05, 3.63) is 63.5 Å². The van der Waals surface area contributed by atoms with E-state index in [1.807, 2.05) is 6.07 Å². The van der Waals surface area contributed by atoms with Gasteiger partial charge < -0.3 is 4.98 Å². The highest BCUT2D eigenvalue weighted by molar-refractivity contribution is 6.08. The first-order valence-corrected chi connectivity index (χ1v) is 6.09. The Kier molecular flexibility index (Phi) is 3.75. The summed E-state index contributed by atoms with van der Waals surface area (Å²) < 4.78 is 0. The summed E-state index contributed by atoms with van der Waals surface area (Å²) in [6.07, 6.45) is 1.87. The van der Waals surface area contributed by atoms with Crippen molar-refractivity contribution in [3.8, 4) is 0 Å². The number of hydrogen-bond acceptors (Lipinski definition) is 3. The predicted octanol–water partition coefficient (Wildman–Crippen LogP) is 3.11. The van der Waals surface area contributed by atoms with Crippen LogP contribution in [0.1, 0.15) is 35.1 Å². The summed E-state index contributed by atoms with van der Waals surface area (Å²) in [5, 5.41) is 10.7. The van der Waals surface area contributed by atoms with E-state index in [1.165, 1.54) is 18.2 Å². The lowest BCUT2D eigenvalue weighted by Gasteiger charge is -1.99. The molecule has 1 heterocycles. The molecule has 1 aromatic carbocycles. The van der Waals surface area contributed by atoms with E-state index in [1.54, 1.807) is 12.1 Å². The van der Waals surface area contributed by atoms with Crippen molar-refractivity contribution in [1.29, 1.82) is 0 Å². The van der Waals surface area contributed by atoms with Crippen LogP contribution in [0.25, 0.3) is 0 Å². The second kappa shape index (κ2) is 5.48.